The van der Waals surface area contributed by atoms with Crippen LogP contribution >= 0.6 is 11.3 Å². The van der Waals surface area contributed by atoms with E-state index in [0.717, 1.165) is 15.9 Å². The van der Waals surface area contributed by atoms with Crippen LogP contribution in [0.3, 0.4) is 0 Å². The Balaban J connectivity index is 1.78. The van der Waals surface area contributed by atoms with Gasteiger partial charge in [-0.25, -0.2) is 4.98 Å². The van der Waals surface area contributed by atoms with Gasteiger partial charge in [0.25, 0.3) is 0 Å². The summed E-state index contributed by atoms with van der Waals surface area (Å²) in [4.78, 5) is 13.7. The largest absolute Gasteiger partial charge is 0.388 e. The number of oxime groups is 1. The highest BCUT2D eigenvalue weighted by atomic mass is 32.1. The van der Waals surface area contributed by atoms with Gasteiger partial charge in [0, 0.05) is 6.20 Å². The fourth-order valence-electron chi connectivity index (χ4n) is 1.73. The van der Waals surface area contributed by atoms with Gasteiger partial charge in [0.05, 0.1) is 15.9 Å². The van der Waals surface area contributed by atoms with Gasteiger partial charge in [0.1, 0.15) is 6.07 Å². The molecule has 102 valence electrons. The molecule has 0 bridgehead atoms. The zero-order valence-corrected chi connectivity index (χ0v) is 11.7. The summed E-state index contributed by atoms with van der Waals surface area (Å²) in [6, 6.07) is 15.3. The third kappa shape index (κ3) is 3.04. The standard InChI is InChI=1S/C15H10N4OS/c16-9-13(19-20-10-11-5-3-4-8-17-11)15-18-12-6-1-2-7-14(12)21-15/h1-8H,10H2/b19-13+. The van der Waals surface area contributed by atoms with Crippen LogP contribution in [0.15, 0.2) is 53.8 Å². The summed E-state index contributed by atoms with van der Waals surface area (Å²) in [5.74, 6) is 0. The molecule has 3 aromatic rings. The van der Waals surface area contributed by atoms with Crippen molar-refractivity contribution in [3.8, 4) is 6.07 Å². The van der Waals surface area contributed by atoms with Crippen molar-refractivity contribution in [2.45, 2.75) is 6.61 Å². The van der Waals surface area contributed by atoms with Crippen molar-refractivity contribution in [3.63, 3.8) is 0 Å². The Morgan fingerprint density at radius 3 is 2.86 bits per heavy atom. The number of rotatable bonds is 4. The molecule has 0 amide bonds. The van der Waals surface area contributed by atoms with E-state index in [1.807, 2.05) is 48.5 Å². The number of fused-ring (bicyclic) bond motifs is 1. The zero-order valence-electron chi connectivity index (χ0n) is 10.9. The number of benzene rings is 1. The summed E-state index contributed by atoms with van der Waals surface area (Å²) in [5, 5.41) is 13.6. The number of pyridine rings is 1. The summed E-state index contributed by atoms with van der Waals surface area (Å²) in [7, 11) is 0. The van der Waals surface area contributed by atoms with E-state index in [2.05, 4.69) is 15.1 Å². The molecule has 0 saturated carbocycles. The molecule has 0 radical (unpaired) electrons. The Labute approximate surface area is 125 Å². The van der Waals surface area contributed by atoms with Crippen molar-refractivity contribution in [1.29, 1.82) is 5.26 Å². The van der Waals surface area contributed by atoms with Crippen molar-refractivity contribution in [3.05, 3.63) is 59.4 Å². The monoisotopic (exact) mass is 294 g/mol. The normalized spacial score (nSPS) is 11.3. The number of nitrogens with zero attached hydrogens (tertiary/aromatic N) is 4. The molecule has 0 unspecified atom stereocenters. The molecule has 0 saturated heterocycles. The van der Waals surface area contributed by atoms with E-state index in [4.69, 9.17) is 4.84 Å². The Morgan fingerprint density at radius 2 is 2.10 bits per heavy atom. The van der Waals surface area contributed by atoms with Crippen molar-refractivity contribution < 1.29 is 4.84 Å². The Morgan fingerprint density at radius 1 is 1.24 bits per heavy atom. The van der Waals surface area contributed by atoms with Gasteiger partial charge in [-0.2, -0.15) is 5.26 Å². The molecule has 5 nitrogen and oxygen atoms in total. The number of hydrogen-bond donors (Lipinski definition) is 0. The van der Waals surface area contributed by atoms with E-state index >= 15 is 0 Å². The molecule has 0 fully saturated rings. The summed E-state index contributed by atoms with van der Waals surface area (Å²) < 4.78 is 1.01. The summed E-state index contributed by atoms with van der Waals surface area (Å²) in [5.41, 5.74) is 1.78. The highest BCUT2D eigenvalue weighted by Crippen LogP contribution is 2.22. The minimum atomic E-state index is 0.173. The molecular formula is C15H10N4OS. The highest BCUT2D eigenvalue weighted by molar-refractivity contribution is 7.20. The molecule has 0 spiro atoms. The van der Waals surface area contributed by atoms with E-state index in [0.29, 0.717) is 5.01 Å². The first-order valence-electron chi connectivity index (χ1n) is 6.23. The molecule has 1 aromatic carbocycles. The van der Waals surface area contributed by atoms with Gasteiger partial charge in [-0.15, -0.1) is 11.3 Å². The molecule has 0 aliphatic heterocycles. The first kappa shape index (κ1) is 13.2. The van der Waals surface area contributed by atoms with Crippen LogP contribution in [0.1, 0.15) is 10.7 Å². The van der Waals surface area contributed by atoms with Crippen molar-refractivity contribution in [2.75, 3.05) is 0 Å². The highest BCUT2D eigenvalue weighted by Gasteiger charge is 2.10. The molecule has 0 aliphatic rings. The Bertz CT molecular complexity index is 787. The second-order valence-corrected chi connectivity index (χ2v) is 5.16. The maximum absolute atomic E-state index is 9.19. The van der Waals surface area contributed by atoms with E-state index in [1.165, 1.54) is 11.3 Å². The van der Waals surface area contributed by atoms with Crippen LogP contribution in [-0.2, 0) is 11.4 Å². The van der Waals surface area contributed by atoms with Gasteiger partial charge in [0.2, 0.25) is 5.71 Å². The Hall–Kier alpha value is -2.78. The van der Waals surface area contributed by atoms with Crippen LogP contribution < -0.4 is 0 Å². The zero-order chi connectivity index (χ0) is 14.5. The minimum absolute atomic E-state index is 0.173. The third-order valence-corrected chi connectivity index (χ3v) is 3.74. The second-order valence-electron chi connectivity index (χ2n) is 4.13. The van der Waals surface area contributed by atoms with Crippen molar-refractivity contribution >= 4 is 27.3 Å². The smallest absolute Gasteiger partial charge is 0.215 e. The quantitative estimate of drug-likeness (QED) is 0.547. The fourth-order valence-corrected chi connectivity index (χ4v) is 2.62. The second kappa shape index (κ2) is 6.11. The maximum atomic E-state index is 9.19. The van der Waals surface area contributed by atoms with Gasteiger partial charge >= 0.3 is 0 Å². The number of thiazole rings is 1. The molecule has 0 aliphatic carbocycles. The van der Waals surface area contributed by atoms with Crippen molar-refractivity contribution in [2.24, 2.45) is 5.16 Å². The predicted molar refractivity (Wildman–Crippen MR) is 80.8 cm³/mol. The molecule has 2 aromatic heterocycles. The summed E-state index contributed by atoms with van der Waals surface area (Å²) in [6.07, 6.45) is 1.68. The summed E-state index contributed by atoms with van der Waals surface area (Å²) in [6.45, 7) is 0.219. The van der Waals surface area contributed by atoms with Crippen LogP contribution in [0.4, 0.5) is 0 Å². The molecule has 21 heavy (non-hydrogen) atoms. The van der Waals surface area contributed by atoms with E-state index in [-0.39, 0.29) is 12.3 Å². The molecule has 2 heterocycles. The van der Waals surface area contributed by atoms with Crippen LogP contribution in [-0.4, -0.2) is 15.7 Å². The van der Waals surface area contributed by atoms with E-state index in [9.17, 15) is 5.26 Å². The number of para-hydroxylation sites is 1. The van der Waals surface area contributed by atoms with E-state index < -0.39 is 0 Å². The number of nitriles is 1. The summed E-state index contributed by atoms with van der Waals surface area (Å²) >= 11 is 1.42. The van der Waals surface area contributed by atoms with Gasteiger partial charge in [-0.1, -0.05) is 23.4 Å². The molecule has 6 heteroatoms. The maximum Gasteiger partial charge on any atom is 0.215 e. The average Bonchev–Trinajstić information content (AvgIpc) is 2.96. The van der Waals surface area contributed by atoms with Crippen LogP contribution in [0, 0.1) is 11.3 Å². The van der Waals surface area contributed by atoms with Crippen LogP contribution in [0.25, 0.3) is 10.2 Å². The lowest BCUT2D eigenvalue weighted by molar-refractivity contribution is 0.128. The molecule has 0 N–H and O–H groups in total. The van der Waals surface area contributed by atoms with Crippen LogP contribution in [0.5, 0.6) is 0 Å². The van der Waals surface area contributed by atoms with Gasteiger partial charge in [0.15, 0.2) is 11.6 Å². The Kier molecular flexibility index (Phi) is 3.85. The van der Waals surface area contributed by atoms with Gasteiger partial charge < -0.3 is 4.84 Å². The van der Waals surface area contributed by atoms with Gasteiger partial charge in [-0.3, -0.25) is 4.98 Å². The minimum Gasteiger partial charge on any atom is -0.388 e. The SMILES string of the molecule is N#C/C(=N\OCc1ccccn1)c1nc2ccccc2s1. The molecule has 3 rings (SSSR count). The topological polar surface area (TPSA) is 71.2 Å². The predicted octanol–water partition coefficient (Wildman–Crippen LogP) is 3.14. The molecular weight excluding hydrogens is 284 g/mol. The third-order valence-electron chi connectivity index (χ3n) is 2.70. The molecule has 0 atom stereocenters. The van der Waals surface area contributed by atoms with E-state index in [1.54, 1.807) is 6.20 Å². The lowest BCUT2D eigenvalue weighted by Crippen LogP contribution is -1.99. The van der Waals surface area contributed by atoms with Crippen molar-refractivity contribution in [1.82, 2.24) is 9.97 Å². The number of hydrogen-bond acceptors (Lipinski definition) is 6. The average molecular weight is 294 g/mol. The lowest BCUT2D eigenvalue weighted by Gasteiger charge is -1.98. The first-order valence-corrected chi connectivity index (χ1v) is 7.04. The van der Waals surface area contributed by atoms with Crippen LogP contribution in [0.2, 0.25) is 0 Å². The number of aromatic nitrogens is 2. The van der Waals surface area contributed by atoms with Gasteiger partial charge in [-0.05, 0) is 24.3 Å². The first-order chi connectivity index (χ1) is 10.4. The lowest BCUT2D eigenvalue weighted by atomic mass is 10.3. The fraction of sp³-hybridized carbons (Fsp3) is 0.0667.